The van der Waals surface area contributed by atoms with E-state index in [-0.39, 0.29) is 25.3 Å². The summed E-state index contributed by atoms with van der Waals surface area (Å²) in [6, 6.07) is 6.15. The van der Waals surface area contributed by atoms with Crippen molar-refractivity contribution >= 4 is 0 Å². The van der Waals surface area contributed by atoms with Crippen LogP contribution in [0.2, 0.25) is 0 Å². The summed E-state index contributed by atoms with van der Waals surface area (Å²) >= 11 is 0. The van der Waals surface area contributed by atoms with Crippen molar-refractivity contribution in [3.63, 3.8) is 0 Å². The summed E-state index contributed by atoms with van der Waals surface area (Å²) in [7, 11) is 1.61. The molecule has 0 radical (unpaired) electrons. The van der Waals surface area contributed by atoms with E-state index in [0.717, 1.165) is 16.8 Å². The third kappa shape index (κ3) is 4.24. The van der Waals surface area contributed by atoms with E-state index in [1.54, 1.807) is 7.11 Å². The Morgan fingerprint density at radius 3 is 2.65 bits per heavy atom. The molecule has 0 aliphatic heterocycles. The van der Waals surface area contributed by atoms with Crippen molar-refractivity contribution in [2.24, 2.45) is 0 Å². The van der Waals surface area contributed by atoms with Crippen LogP contribution in [-0.2, 0) is 0 Å². The van der Waals surface area contributed by atoms with Crippen LogP contribution in [0.4, 0.5) is 0 Å². The Kier molecular flexibility index (Phi) is 6.01. The van der Waals surface area contributed by atoms with Gasteiger partial charge in [0, 0.05) is 23.3 Å². The molecule has 126 valence electrons. The molecule has 0 aliphatic carbocycles. The summed E-state index contributed by atoms with van der Waals surface area (Å²) in [6.07, 6.45) is 1.85. The van der Waals surface area contributed by atoms with Gasteiger partial charge in [0.05, 0.1) is 19.9 Å². The lowest BCUT2D eigenvalue weighted by Crippen LogP contribution is -2.22. The van der Waals surface area contributed by atoms with E-state index in [4.69, 9.17) is 14.6 Å². The molecular weight excluding hydrogens is 294 g/mol. The Morgan fingerprint density at radius 1 is 1.26 bits per heavy atom. The molecule has 0 spiro atoms. The molecule has 2 unspecified atom stereocenters. The van der Waals surface area contributed by atoms with Crippen molar-refractivity contribution in [1.29, 1.82) is 0 Å². The van der Waals surface area contributed by atoms with Gasteiger partial charge in [0.2, 0.25) is 0 Å². The number of rotatable bonds is 8. The second kappa shape index (κ2) is 7.99. The highest BCUT2D eigenvalue weighted by atomic mass is 16.5. The Bertz CT molecular complexity index is 627. The quantitative estimate of drug-likeness (QED) is 0.697. The van der Waals surface area contributed by atoms with Crippen LogP contribution in [0.15, 0.2) is 24.4 Å². The van der Waals surface area contributed by atoms with Gasteiger partial charge in [-0.15, -0.1) is 0 Å². The van der Waals surface area contributed by atoms with Crippen LogP contribution < -0.4 is 14.8 Å². The van der Waals surface area contributed by atoms with Crippen molar-refractivity contribution in [2.45, 2.75) is 32.9 Å². The van der Waals surface area contributed by atoms with E-state index < -0.39 is 0 Å². The van der Waals surface area contributed by atoms with Gasteiger partial charge in [-0.05, 0) is 38.5 Å². The predicted octanol–water partition coefficient (Wildman–Crippen LogP) is 2.51. The zero-order valence-electron chi connectivity index (χ0n) is 14.1. The number of nitrogens with one attached hydrogen (secondary N) is 2. The Labute approximate surface area is 136 Å². The maximum Gasteiger partial charge on any atom is 0.161 e. The highest BCUT2D eigenvalue weighted by molar-refractivity contribution is 5.43. The molecule has 2 aromatic rings. The number of nitrogens with zero attached hydrogens (tertiary/aromatic N) is 1. The lowest BCUT2D eigenvalue weighted by Gasteiger charge is -2.21. The molecule has 0 saturated carbocycles. The van der Waals surface area contributed by atoms with Crippen LogP contribution in [0.3, 0.4) is 0 Å². The van der Waals surface area contributed by atoms with Gasteiger partial charge in [-0.2, -0.15) is 5.10 Å². The van der Waals surface area contributed by atoms with E-state index in [1.165, 1.54) is 0 Å². The number of hydrogen-bond acceptors (Lipinski definition) is 5. The molecule has 0 amide bonds. The fraction of sp³-hybridized carbons (Fsp3) is 0.471. The zero-order chi connectivity index (χ0) is 16.8. The number of aliphatic hydroxyl groups excluding tert-OH is 1. The molecule has 0 bridgehead atoms. The summed E-state index contributed by atoms with van der Waals surface area (Å²) in [5, 5.41) is 19.4. The summed E-state index contributed by atoms with van der Waals surface area (Å²) < 4.78 is 10.8. The number of benzene rings is 1. The van der Waals surface area contributed by atoms with Crippen LogP contribution in [-0.4, -0.2) is 35.6 Å². The molecule has 6 heteroatoms. The molecule has 0 saturated heterocycles. The van der Waals surface area contributed by atoms with Gasteiger partial charge in [0.1, 0.15) is 6.61 Å². The minimum atomic E-state index is -0.0234. The number of H-pyrrole nitrogens is 1. The van der Waals surface area contributed by atoms with Crippen LogP contribution in [0.25, 0.3) is 0 Å². The third-order valence-electron chi connectivity index (χ3n) is 3.87. The molecule has 1 aromatic heterocycles. The fourth-order valence-corrected chi connectivity index (χ4v) is 2.59. The molecule has 2 rings (SSSR count). The number of hydrogen-bond donors (Lipinski definition) is 3. The van der Waals surface area contributed by atoms with Crippen molar-refractivity contribution < 1.29 is 14.6 Å². The number of aromatic amines is 1. The number of ether oxygens (including phenoxy) is 2. The lowest BCUT2D eigenvalue weighted by atomic mass is 10.0. The Balaban J connectivity index is 2.09. The van der Waals surface area contributed by atoms with Crippen LogP contribution in [0.1, 0.15) is 42.8 Å². The summed E-state index contributed by atoms with van der Waals surface area (Å²) in [4.78, 5) is 0. The molecule has 1 heterocycles. The van der Waals surface area contributed by atoms with Gasteiger partial charge < -0.3 is 19.9 Å². The smallest absolute Gasteiger partial charge is 0.161 e. The SMILES string of the molecule is COc1cc(C(C)NC(C)c2cn[nH]c2C)ccc1OCCO. The average molecular weight is 319 g/mol. The number of aromatic nitrogens is 2. The Hall–Kier alpha value is -2.05. The van der Waals surface area contributed by atoms with E-state index in [9.17, 15) is 0 Å². The molecule has 23 heavy (non-hydrogen) atoms. The first-order chi connectivity index (χ1) is 11.1. The van der Waals surface area contributed by atoms with Crippen LogP contribution in [0.5, 0.6) is 11.5 Å². The maximum absolute atomic E-state index is 8.86. The highest BCUT2D eigenvalue weighted by Crippen LogP contribution is 2.31. The standard InChI is InChI=1S/C17H25N3O3/c1-11(19-12(2)15-10-18-20-13(15)3)14-5-6-16(23-8-7-21)17(9-14)22-4/h5-6,9-12,19,21H,7-8H2,1-4H3,(H,18,20). The van der Waals surface area contributed by atoms with Crippen molar-refractivity contribution in [3.8, 4) is 11.5 Å². The first-order valence-electron chi connectivity index (χ1n) is 7.74. The molecule has 0 fully saturated rings. The monoisotopic (exact) mass is 319 g/mol. The molecule has 0 aliphatic rings. The molecule has 2 atom stereocenters. The molecule has 1 aromatic carbocycles. The van der Waals surface area contributed by atoms with Gasteiger partial charge in [-0.1, -0.05) is 6.07 Å². The normalized spacial score (nSPS) is 13.6. The molecule has 3 N–H and O–H groups in total. The molecular formula is C17H25N3O3. The summed E-state index contributed by atoms with van der Waals surface area (Å²) in [5.74, 6) is 1.30. The van der Waals surface area contributed by atoms with E-state index in [1.807, 2.05) is 31.3 Å². The largest absolute Gasteiger partial charge is 0.493 e. The van der Waals surface area contributed by atoms with Gasteiger partial charge in [-0.3, -0.25) is 5.10 Å². The Morgan fingerprint density at radius 2 is 2.04 bits per heavy atom. The van der Waals surface area contributed by atoms with E-state index in [2.05, 4.69) is 29.4 Å². The predicted molar refractivity (Wildman–Crippen MR) is 88.9 cm³/mol. The minimum absolute atomic E-state index is 0.0234. The number of aryl methyl sites for hydroxylation is 1. The first kappa shape index (κ1) is 17.3. The minimum Gasteiger partial charge on any atom is -0.493 e. The second-order valence-electron chi connectivity index (χ2n) is 5.54. The third-order valence-corrected chi connectivity index (χ3v) is 3.87. The summed E-state index contributed by atoms with van der Waals surface area (Å²) in [5.41, 5.74) is 3.33. The van der Waals surface area contributed by atoms with Gasteiger partial charge in [0.15, 0.2) is 11.5 Å². The van der Waals surface area contributed by atoms with Gasteiger partial charge in [-0.25, -0.2) is 0 Å². The average Bonchev–Trinajstić information content (AvgIpc) is 2.98. The fourth-order valence-electron chi connectivity index (χ4n) is 2.59. The number of aliphatic hydroxyl groups is 1. The van der Waals surface area contributed by atoms with Crippen LogP contribution in [0, 0.1) is 6.92 Å². The second-order valence-corrected chi connectivity index (χ2v) is 5.54. The van der Waals surface area contributed by atoms with Crippen molar-refractivity contribution in [2.75, 3.05) is 20.3 Å². The highest BCUT2D eigenvalue weighted by Gasteiger charge is 2.16. The van der Waals surface area contributed by atoms with Crippen molar-refractivity contribution in [3.05, 3.63) is 41.2 Å². The molecule has 6 nitrogen and oxygen atoms in total. The van der Waals surface area contributed by atoms with Crippen LogP contribution >= 0.6 is 0 Å². The summed E-state index contributed by atoms with van der Waals surface area (Å²) in [6.45, 7) is 6.46. The number of methoxy groups -OCH3 is 1. The first-order valence-corrected chi connectivity index (χ1v) is 7.74. The van der Waals surface area contributed by atoms with E-state index in [0.29, 0.717) is 11.5 Å². The van der Waals surface area contributed by atoms with Crippen molar-refractivity contribution in [1.82, 2.24) is 15.5 Å². The van der Waals surface area contributed by atoms with Gasteiger partial charge >= 0.3 is 0 Å². The topological polar surface area (TPSA) is 79.4 Å². The zero-order valence-corrected chi connectivity index (χ0v) is 14.1. The van der Waals surface area contributed by atoms with E-state index >= 15 is 0 Å². The maximum atomic E-state index is 8.86. The lowest BCUT2D eigenvalue weighted by molar-refractivity contribution is 0.196. The van der Waals surface area contributed by atoms with Gasteiger partial charge in [0.25, 0.3) is 0 Å².